The van der Waals surface area contributed by atoms with Gasteiger partial charge in [-0.1, -0.05) is 6.07 Å². The molecule has 0 saturated carbocycles. The zero-order valence-corrected chi connectivity index (χ0v) is 18.2. The fraction of sp³-hybridized carbons (Fsp3) is 0.261. The third-order valence-electron chi connectivity index (χ3n) is 5.43. The summed E-state index contributed by atoms with van der Waals surface area (Å²) in [6.45, 7) is 3.52. The first-order valence-electron chi connectivity index (χ1n) is 10.4. The van der Waals surface area contributed by atoms with E-state index in [0.29, 0.717) is 42.6 Å². The molecule has 10 nitrogen and oxygen atoms in total. The zero-order chi connectivity index (χ0) is 23.4. The van der Waals surface area contributed by atoms with Crippen LogP contribution in [0.4, 0.5) is 11.5 Å². The first kappa shape index (κ1) is 22.0. The molecule has 1 fully saturated rings. The Morgan fingerprint density at radius 3 is 2.55 bits per heavy atom. The normalized spacial score (nSPS) is 15.8. The van der Waals surface area contributed by atoms with E-state index in [9.17, 15) is 14.9 Å². The lowest BCUT2D eigenvalue weighted by atomic mass is 10.1. The van der Waals surface area contributed by atoms with Gasteiger partial charge < -0.3 is 19.3 Å². The molecule has 170 valence electrons. The minimum Gasteiger partial charge on any atom is -0.497 e. The number of amides is 1. The largest absolute Gasteiger partial charge is 0.497 e. The predicted molar refractivity (Wildman–Crippen MR) is 121 cm³/mol. The highest BCUT2D eigenvalue weighted by Crippen LogP contribution is 2.26. The van der Waals surface area contributed by atoms with Crippen LogP contribution in [-0.4, -0.2) is 58.5 Å². The third kappa shape index (κ3) is 5.00. The minimum absolute atomic E-state index is 0.0995. The summed E-state index contributed by atoms with van der Waals surface area (Å²) in [5.74, 6) is 2.24. The molecular formula is C23H23N5O5. The SMILES string of the molecule is COc1ccc(Oc2cc(N3CCN(C(=O)c4cccc([N+](=O)[O-])c4)[C@H](C)C3)ncn2)cc1. The maximum atomic E-state index is 13.0. The molecule has 2 heterocycles. The quantitative estimate of drug-likeness (QED) is 0.415. The van der Waals surface area contributed by atoms with Gasteiger partial charge in [0.2, 0.25) is 5.88 Å². The molecule has 0 spiro atoms. The van der Waals surface area contributed by atoms with Crippen molar-refractivity contribution >= 4 is 17.4 Å². The van der Waals surface area contributed by atoms with Crippen LogP contribution in [0.3, 0.4) is 0 Å². The summed E-state index contributed by atoms with van der Waals surface area (Å²) in [6, 6.07) is 14.6. The van der Waals surface area contributed by atoms with Crippen LogP contribution in [0.15, 0.2) is 60.9 Å². The van der Waals surface area contributed by atoms with E-state index in [1.807, 2.05) is 6.92 Å². The van der Waals surface area contributed by atoms with E-state index >= 15 is 0 Å². The average Bonchev–Trinajstić information content (AvgIpc) is 2.84. The van der Waals surface area contributed by atoms with Crippen LogP contribution in [0.5, 0.6) is 17.4 Å². The highest BCUT2D eigenvalue weighted by Gasteiger charge is 2.29. The molecule has 0 bridgehead atoms. The molecular weight excluding hydrogens is 426 g/mol. The topological polar surface area (TPSA) is 111 Å². The van der Waals surface area contributed by atoms with Crippen molar-refractivity contribution in [3.8, 4) is 17.4 Å². The van der Waals surface area contributed by atoms with Gasteiger partial charge in [-0.05, 0) is 37.3 Å². The number of non-ortho nitro benzene ring substituents is 1. The van der Waals surface area contributed by atoms with E-state index in [1.165, 1.54) is 24.5 Å². The van der Waals surface area contributed by atoms with Crippen molar-refractivity contribution < 1.29 is 19.2 Å². The Bertz CT molecular complexity index is 1150. The summed E-state index contributed by atoms with van der Waals surface area (Å²) in [5.41, 5.74) is 0.208. The number of ether oxygens (including phenoxy) is 2. The number of methoxy groups -OCH3 is 1. The highest BCUT2D eigenvalue weighted by atomic mass is 16.6. The van der Waals surface area contributed by atoms with Crippen LogP contribution in [0, 0.1) is 10.1 Å². The molecule has 1 aliphatic rings. The van der Waals surface area contributed by atoms with E-state index in [1.54, 1.807) is 48.4 Å². The molecule has 0 N–H and O–H groups in total. The van der Waals surface area contributed by atoms with Gasteiger partial charge in [0.1, 0.15) is 23.6 Å². The van der Waals surface area contributed by atoms with E-state index in [4.69, 9.17) is 9.47 Å². The molecule has 33 heavy (non-hydrogen) atoms. The standard InChI is InChI=1S/C23H23N5O5/c1-16-14-26(10-11-27(16)23(29)17-4-3-5-18(12-17)28(30)31)21-13-22(25-15-24-21)33-20-8-6-19(32-2)7-9-20/h3-9,12-13,15-16H,10-11,14H2,1-2H3/t16-/m1/s1. The van der Waals surface area contributed by atoms with Crippen molar-refractivity contribution in [1.29, 1.82) is 0 Å². The Kier molecular flexibility index (Phi) is 6.34. The lowest BCUT2D eigenvalue weighted by molar-refractivity contribution is -0.384. The number of nitro benzene ring substituents is 1. The van der Waals surface area contributed by atoms with Gasteiger partial charge in [0, 0.05) is 49.4 Å². The van der Waals surface area contributed by atoms with Crippen LogP contribution >= 0.6 is 0 Å². The maximum Gasteiger partial charge on any atom is 0.270 e. The monoisotopic (exact) mass is 449 g/mol. The van der Waals surface area contributed by atoms with E-state index in [-0.39, 0.29) is 17.6 Å². The van der Waals surface area contributed by atoms with Gasteiger partial charge in [0.15, 0.2) is 0 Å². The van der Waals surface area contributed by atoms with E-state index in [0.717, 1.165) is 5.75 Å². The van der Waals surface area contributed by atoms with Gasteiger partial charge in [-0.15, -0.1) is 0 Å². The predicted octanol–water partition coefficient (Wildman–Crippen LogP) is 3.54. The lowest BCUT2D eigenvalue weighted by Gasteiger charge is -2.40. The average molecular weight is 449 g/mol. The fourth-order valence-electron chi connectivity index (χ4n) is 3.71. The van der Waals surface area contributed by atoms with Crippen LogP contribution in [-0.2, 0) is 0 Å². The van der Waals surface area contributed by atoms with Gasteiger partial charge >= 0.3 is 0 Å². The zero-order valence-electron chi connectivity index (χ0n) is 18.2. The van der Waals surface area contributed by atoms with Gasteiger partial charge in [0.05, 0.1) is 12.0 Å². The number of hydrogen-bond acceptors (Lipinski definition) is 8. The summed E-state index contributed by atoms with van der Waals surface area (Å²) < 4.78 is 11.0. The Morgan fingerprint density at radius 2 is 1.85 bits per heavy atom. The Morgan fingerprint density at radius 1 is 1.09 bits per heavy atom. The summed E-state index contributed by atoms with van der Waals surface area (Å²) in [6.07, 6.45) is 1.44. The number of rotatable bonds is 6. The van der Waals surface area contributed by atoms with Crippen molar-refractivity contribution in [3.05, 3.63) is 76.6 Å². The Balaban J connectivity index is 1.43. The molecule has 2 aromatic carbocycles. The molecule has 4 rings (SSSR count). The van der Waals surface area contributed by atoms with Crippen molar-refractivity contribution in [3.63, 3.8) is 0 Å². The molecule has 1 aromatic heterocycles. The van der Waals surface area contributed by atoms with Gasteiger partial charge in [0.25, 0.3) is 11.6 Å². The van der Waals surface area contributed by atoms with Crippen LogP contribution in [0.25, 0.3) is 0 Å². The molecule has 0 unspecified atom stereocenters. The Labute approximate surface area is 190 Å². The number of carbonyl (C=O) groups is 1. The van der Waals surface area contributed by atoms with Crippen LogP contribution < -0.4 is 14.4 Å². The molecule has 3 aromatic rings. The first-order valence-corrected chi connectivity index (χ1v) is 10.4. The van der Waals surface area contributed by atoms with Gasteiger partial charge in [-0.2, -0.15) is 0 Å². The number of anilines is 1. The minimum atomic E-state index is -0.501. The molecule has 0 aliphatic carbocycles. The smallest absolute Gasteiger partial charge is 0.270 e. The lowest BCUT2D eigenvalue weighted by Crippen LogP contribution is -2.54. The number of piperazine rings is 1. The number of benzene rings is 2. The van der Waals surface area contributed by atoms with E-state index in [2.05, 4.69) is 14.9 Å². The first-order chi connectivity index (χ1) is 15.9. The van der Waals surface area contributed by atoms with Gasteiger partial charge in [-0.3, -0.25) is 14.9 Å². The Hall–Kier alpha value is -4.21. The van der Waals surface area contributed by atoms with Gasteiger partial charge in [-0.25, -0.2) is 9.97 Å². The van der Waals surface area contributed by atoms with Crippen molar-refractivity contribution in [2.75, 3.05) is 31.6 Å². The second kappa shape index (κ2) is 9.51. The molecule has 1 atom stereocenters. The molecule has 1 saturated heterocycles. The van der Waals surface area contributed by atoms with Crippen LogP contribution in [0.2, 0.25) is 0 Å². The number of carbonyl (C=O) groups excluding carboxylic acids is 1. The molecule has 1 amide bonds. The third-order valence-corrected chi connectivity index (χ3v) is 5.43. The highest BCUT2D eigenvalue weighted by molar-refractivity contribution is 5.95. The molecule has 0 radical (unpaired) electrons. The summed E-state index contributed by atoms with van der Waals surface area (Å²) in [4.78, 5) is 35.8. The van der Waals surface area contributed by atoms with Crippen molar-refractivity contribution in [2.24, 2.45) is 0 Å². The van der Waals surface area contributed by atoms with Crippen molar-refractivity contribution in [1.82, 2.24) is 14.9 Å². The number of nitro groups is 1. The second-order valence-corrected chi connectivity index (χ2v) is 7.59. The number of aromatic nitrogens is 2. The molecule has 10 heteroatoms. The number of hydrogen-bond donors (Lipinski definition) is 0. The summed E-state index contributed by atoms with van der Waals surface area (Å²) >= 11 is 0. The fourth-order valence-corrected chi connectivity index (χ4v) is 3.71. The van der Waals surface area contributed by atoms with Crippen LogP contribution in [0.1, 0.15) is 17.3 Å². The second-order valence-electron chi connectivity index (χ2n) is 7.59. The number of nitrogens with zero attached hydrogens (tertiary/aromatic N) is 5. The van der Waals surface area contributed by atoms with Crippen molar-refractivity contribution in [2.45, 2.75) is 13.0 Å². The summed E-state index contributed by atoms with van der Waals surface area (Å²) in [7, 11) is 1.60. The van der Waals surface area contributed by atoms with E-state index < -0.39 is 4.92 Å². The summed E-state index contributed by atoms with van der Waals surface area (Å²) in [5, 5.41) is 11.0. The maximum absolute atomic E-state index is 13.0. The molecule has 1 aliphatic heterocycles.